The van der Waals surface area contributed by atoms with Crippen molar-refractivity contribution >= 4 is 5.69 Å². The number of methoxy groups -OCH3 is 1. The van der Waals surface area contributed by atoms with Crippen LogP contribution in [0.1, 0.15) is 13.3 Å². The van der Waals surface area contributed by atoms with E-state index in [1.807, 2.05) is 19.1 Å². The summed E-state index contributed by atoms with van der Waals surface area (Å²) >= 11 is 0. The lowest BCUT2D eigenvalue weighted by Gasteiger charge is -2.47. The third-order valence-electron chi connectivity index (χ3n) is 2.92. The molecule has 4 nitrogen and oxygen atoms in total. The van der Waals surface area contributed by atoms with Gasteiger partial charge in [0.2, 0.25) is 5.88 Å². The quantitative estimate of drug-likeness (QED) is 0.806. The lowest BCUT2D eigenvalue weighted by Crippen LogP contribution is -2.61. The summed E-state index contributed by atoms with van der Waals surface area (Å²) in [6, 6.07) is 3.81. The summed E-state index contributed by atoms with van der Waals surface area (Å²) in [6.07, 6.45) is 2.52. The molecule has 0 amide bonds. The lowest BCUT2D eigenvalue weighted by atomic mass is 9.91. The molecule has 0 radical (unpaired) electrons. The van der Waals surface area contributed by atoms with Crippen LogP contribution in [-0.2, 0) is 0 Å². The van der Waals surface area contributed by atoms with Gasteiger partial charge in [0.1, 0.15) is 0 Å². The van der Waals surface area contributed by atoms with Crippen LogP contribution in [0.3, 0.4) is 0 Å². The number of pyridine rings is 1. The van der Waals surface area contributed by atoms with Crippen molar-refractivity contribution in [1.82, 2.24) is 4.98 Å². The number of aliphatic hydroxyl groups is 1. The van der Waals surface area contributed by atoms with Gasteiger partial charge in [-0.3, -0.25) is 0 Å². The largest absolute Gasteiger partial charge is 0.481 e. The van der Waals surface area contributed by atoms with Gasteiger partial charge in [-0.2, -0.15) is 0 Å². The number of aromatic nitrogens is 1. The highest BCUT2D eigenvalue weighted by atomic mass is 16.5. The van der Waals surface area contributed by atoms with Gasteiger partial charge in [-0.25, -0.2) is 4.98 Å². The molecule has 0 aliphatic carbocycles. The first-order chi connectivity index (χ1) is 7.17. The van der Waals surface area contributed by atoms with Gasteiger partial charge in [0.15, 0.2) is 0 Å². The zero-order chi connectivity index (χ0) is 10.9. The van der Waals surface area contributed by atoms with E-state index in [1.165, 1.54) is 0 Å². The van der Waals surface area contributed by atoms with Crippen molar-refractivity contribution in [3.05, 3.63) is 18.3 Å². The van der Waals surface area contributed by atoms with Gasteiger partial charge in [-0.05, 0) is 12.5 Å². The maximum Gasteiger partial charge on any atom is 0.214 e. The minimum Gasteiger partial charge on any atom is -0.481 e. The van der Waals surface area contributed by atoms with E-state index in [-0.39, 0.29) is 0 Å². The van der Waals surface area contributed by atoms with Crippen molar-refractivity contribution in [3.63, 3.8) is 0 Å². The Labute approximate surface area is 89.5 Å². The third-order valence-corrected chi connectivity index (χ3v) is 2.92. The summed E-state index contributed by atoms with van der Waals surface area (Å²) in [4.78, 5) is 6.16. The van der Waals surface area contributed by atoms with Crippen molar-refractivity contribution in [2.45, 2.75) is 18.9 Å². The minimum absolute atomic E-state index is 0.503. The summed E-state index contributed by atoms with van der Waals surface area (Å²) in [5, 5.41) is 9.89. The molecular formula is C11H16N2O2. The van der Waals surface area contributed by atoms with Crippen LogP contribution in [0.5, 0.6) is 5.88 Å². The van der Waals surface area contributed by atoms with Crippen LogP contribution in [0, 0.1) is 0 Å². The monoisotopic (exact) mass is 208 g/mol. The molecule has 2 heterocycles. The molecule has 0 bridgehead atoms. The number of rotatable bonds is 3. The minimum atomic E-state index is -0.503. The van der Waals surface area contributed by atoms with E-state index in [2.05, 4.69) is 9.88 Å². The topological polar surface area (TPSA) is 45.6 Å². The predicted molar refractivity (Wildman–Crippen MR) is 58.2 cm³/mol. The average molecular weight is 208 g/mol. The molecule has 1 fully saturated rings. The van der Waals surface area contributed by atoms with Crippen LogP contribution in [0.4, 0.5) is 5.69 Å². The zero-order valence-electron chi connectivity index (χ0n) is 9.10. The first-order valence-corrected chi connectivity index (χ1v) is 5.14. The first-order valence-electron chi connectivity index (χ1n) is 5.14. The van der Waals surface area contributed by atoms with Crippen molar-refractivity contribution in [2.24, 2.45) is 0 Å². The molecule has 82 valence electrons. The highest BCUT2D eigenvalue weighted by Crippen LogP contribution is 2.30. The second-order valence-electron chi connectivity index (χ2n) is 3.99. The number of β-amino-alcohol motifs (C(OH)–C–C–N with tert-alkyl or cyclic N) is 1. The molecule has 1 saturated heterocycles. The second-order valence-corrected chi connectivity index (χ2v) is 3.99. The Morgan fingerprint density at radius 1 is 1.60 bits per heavy atom. The summed E-state index contributed by atoms with van der Waals surface area (Å²) < 4.78 is 5.05. The highest BCUT2D eigenvalue weighted by molar-refractivity contribution is 5.51. The van der Waals surface area contributed by atoms with Gasteiger partial charge < -0.3 is 14.7 Å². The highest BCUT2D eigenvalue weighted by Gasteiger charge is 2.39. The van der Waals surface area contributed by atoms with Crippen LogP contribution in [0.15, 0.2) is 18.3 Å². The Morgan fingerprint density at radius 3 is 2.93 bits per heavy atom. The van der Waals surface area contributed by atoms with Crippen LogP contribution in [0.2, 0.25) is 0 Å². The summed E-state index contributed by atoms with van der Waals surface area (Å²) in [5.74, 6) is 0.611. The van der Waals surface area contributed by atoms with E-state index in [4.69, 9.17) is 4.74 Å². The standard InChI is InChI=1S/C11H16N2O2/c1-3-11(14)7-13(8-11)9-4-5-12-10(6-9)15-2/h4-6,14H,3,7-8H2,1-2H3. The van der Waals surface area contributed by atoms with Crippen molar-refractivity contribution < 1.29 is 9.84 Å². The van der Waals surface area contributed by atoms with E-state index in [9.17, 15) is 5.11 Å². The smallest absolute Gasteiger partial charge is 0.214 e. The fourth-order valence-corrected chi connectivity index (χ4v) is 1.78. The Morgan fingerprint density at radius 2 is 2.33 bits per heavy atom. The van der Waals surface area contributed by atoms with Crippen LogP contribution in [-0.4, -0.2) is 35.9 Å². The first kappa shape index (κ1) is 10.2. The number of hydrogen-bond acceptors (Lipinski definition) is 4. The SMILES string of the molecule is CCC1(O)CN(c2ccnc(OC)c2)C1. The van der Waals surface area contributed by atoms with Crippen LogP contribution in [0.25, 0.3) is 0 Å². The molecule has 1 N–H and O–H groups in total. The summed E-state index contributed by atoms with van der Waals surface area (Å²) in [5.41, 5.74) is 0.552. The molecule has 2 rings (SSSR count). The van der Waals surface area contributed by atoms with E-state index in [0.29, 0.717) is 19.0 Å². The van der Waals surface area contributed by atoms with E-state index < -0.39 is 5.60 Å². The number of ether oxygens (including phenoxy) is 1. The number of anilines is 1. The third kappa shape index (κ3) is 1.90. The van der Waals surface area contributed by atoms with Crippen molar-refractivity contribution in [2.75, 3.05) is 25.1 Å². The van der Waals surface area contributed by atoms with Gasteiger partial charge in [-0.15, -0.1) is 0 Å². The Hall–Kier alpha value is -1.29. The Bertz CT molecular complexity index is 348. The average Bonchev–Trinajstić information content (AvgIpc) is 2.25. The molecule has 15 heavy (non-hydrogen) atoms. The molecule has 1 aromatic rings. The molecule has 0 saturated carbocycles. The summed E-state index contributed by atoms with van der Waals surface area (Å²) in [6.45, 7) is 3.39. The maximum atomic E-state index is 9.89. The predicted octanol–water partition coefficient (Wildman–Crippen LogP) is 1.05. The van der Waals surface area contributed by atoms with Gasteiger partial charge in [0.05, 0.1) is 12.7 Å². The molecule has 0 spiro atoms. The van der Waals surface area contributed by atoms with E-state index >= 15 is 0 Å². The van der Waals surface area contributed by atoms with Crippen LogP contribution >= 0.6 is 0 Å². The van der Waals surface area contributed by atoms with Gasteiger partial charge in [-0.1, -0.05) is 6.92 Å². The fourth-order valence-electron chi connectivity index (χ4n) is 1.78. The van der Waals surface area contributed by atoms with Gasteiger partial charge in [0.25, 0.3) is 0 Å². The molecule has 1 aliphatic rings. The van der Waals surface area contributed by atoms with Gasteiger partial charge >= 0.3 is 0 Å². The molecular weight excluding hydrogens is 192 g/mol. The molecule has 0 unspecified atom stereocenters. The fraction of sp³-hybridized carbons (Fsp3) is 0.545. The zero-order valence-corrected chi connectivity index (χ0v) is 9.10. The van der Waals surface area contributed by atoms with Crippen LogP contribution < -0.4 is 9.64 Å². The normalized spacial score (nSPS) is 18.5. The molecule has 4 heteroatoms. The van der Waals surface area contributed by atoms with E-state index in [1.54, 1.807) is 13.3 Å². The molecule has 0 atom stereocenters. The summed E-state index contributed by atoms with van der Waals surface area (Å²) in [7, 11) is 1.60. The Balaban J connectivity index is 2.06. The second kappa shape index (κ2) is 3.70. The number of hydrogen-bond donors (Lipinski definition) is 1. The maximum absolute atomic E-state index is 9.89. The van der Waals surface area contributed by atoms with Gasteiger partial charge in [0, 0.05) is 31.0 Å². The Kier molecular flexibility index (Phi) is 2.52. The van der Waals surface area contributed by atoms with Crippen molar-refractivity contribution in [3.8, 4) is 5.88 Å². The molecule has 1 aromatic heterocycles. The lowest BCUT2D eigenvalue weighted by molar-refractivity contribution is 0.00850. The number of nitrogens with zero attached hydrogens (tertiary/aromatic N) is 2. The molecule has 0 aromatic carbocycles. The van der Waals surface area contributed by atoms with Crippen molar-refractivity contribution in [1.29, 1.82) is 0 Å². The van der Waals surface area contributed by atoms with E-state index in [0.717, 1.165) is 12.1 Å². The molecule has 1 aliphatic heterocycles.